The quantitative estimate of drug-likeness (QED) is 0.331. The number of nitrogens with one attached hydrogen (secondary N) is 1. The number of amides is 2. The first-order chi connectivity index (χ1) is 18.4. The number of rotatable bonds is 11. The lowest BCUT2D eigenvalue weighted by Crippen LogP contribution is -2.52. The molecule has 3 rings (SSSR count). The number of ether oxygens (including phenoxy) is 1. The Labute approximate surface area is 239 Å². The number of hydrogen-bond acceptors (Lipinski definition) is 5. The van der Waals surface area contributed by atoms with Crippen LogP contribution in [0.1, 0.15) is 31.9 Å². The van der Waals surface area contributed by atoms with Crippen LogP contribution in [0.15, 0.2) is 82.2 Å². The lowest BCUT2D eigenvalue weighted by atomic mass is 10.1. The molecule has 1 atom stereocenters. The third-order valence-electron chi connectivity index (χ3n) is 6.11. The molecule has 0 aliphatic carbocycles. The number of halogens is 1. The number of aryl methyl sites for hydroxylation is 1. The minimum Gasteiger partial charge on any atom is -0.496 e. The predicted octanol–water partition coefficient (Wildman–Crippen LogP) is 4.90. The zero-order chi connectivity index (χ0) is 28.7. The molecule has 0 radical (unpaired) electrons. The Morgan fingerprint density at radius 1 is 0.974 bits per heavy atom. The van der Waals surface area contributed by atoms with Gasteiger partial charge in [-0.2, -0.15) is 0 Å². The van der Waals surface area contributed by atoms with Crippen LogP contribution < -0.4 is 14.4 Å². The van der Waals surface area contributed by atoms with Gasteiger partial charge in [-0.25, -0.2) is 8.42 Å². The molecule has 2 amide bonds. The zero-order valence-corrected chi connectivity index (χ0v) is 25.1. The van der Waals surface area contributed by atoms with E-state index in [0.717, 1.165) is 15.4 Å². The molecular weight excluding hydrogens is 582 g/mol. The fraction of sp³-hybridized carbons (Fsp3) is 0.310. The first kappa shape index (κ1) is 30.2. The Morgan fingerprint density at radius 2 is 1.62 bits per heavy atom. The van der Waals surface area contributed by atoms with Crippen molar-refractivity contribution in [3.63, 3.8) is 0 Å². The third kappa shape index (κ3) is 7.60. The molecule has 0 aromatic heterocycles. The van der Waals surface area contributed by atoms with Crippen molar-refractivity contribution in [1.29, 1.82) is 0 Å². The van der Waals surface area contributed by atoms with Crippen molar-refractivity contribution < 1.29 is 22.7 Å². The number of carbonyl (C=O) groups excluding carboxylic acids is 2. The summed E-state index contributed by atoms with van der Waals surface area (Å²) >= 11 is 3.35. The summed E-state index contributed by atoms with van der Waals surface area (Å²) in [7, 11) is -2.69. The van der Waals surface area contributed by atoms with Gasteiger partial charge in [0.25, 0.3) is 10.0 Å². The van der Waals surface area contributed by atoms with Crippen LogP contribution in [0.2, 0.25) is 0 Å². The highest BCUT2D eigenvalue weighted by molar-refractivity contribution is 9.10. The summed E-state index contributed by atoms with van der Waals surface area (Å²) in [6, 6.07) is 19.6. The minimum atomic E-state index is -4.18. The minimum absolute atomic E-state index is 0.0104. The van der Waals surface area contributed by atoms with Crippen LogP contribution in [0.4, 0.5) is 5.69 Å². The van der Waals surface area contributed by atoms with E-state index in [1.807, 2.05) is 51.1 Å². The maximum absolute atomic E-state index is 13.9. The largest absolute Gasteiger partial charge is 0.496 e. The fourth-order valence-corrected chi connectivity index (χ4v) is 6.08. The Balaban J connectivity index is 2.04. The van der Waals surface area contributed by atoms with E-state index in [-0.39, 0.29) is 23.4 Å². The van der Waals surface area contributed by atoms with E-state index in [4.69, 9.17) is 4.74 Å². The Hall–Kier alpha value is -3.37. The molecular formula is C29H34BrN3O5S. The van der Waals surface area contributed by atoms with Crippen LogP contribution in [0.3, 0.4) is 0 Å². The molecule has 208 valence electrons. The van der Waals surface area contributed by atoms with E-state index in [9.17, 15) is 18.0 Å². The summed E-state index contributed by atoms with van der Waals surface area (Å²) in [6.07, 6.45) is 0. The van der Waals surface area contributed by atoms with Gasteiger partial charge in [-0.1, -0.05) is 48.0 Å². The van der Waals surface area contributed by atoms with Crippen molar-refractivity contribution in [3.8, 4) is 5.75 Å². The van der Waals surface area contributed by atoms with Gasteiger partial charge in [0.2, 0.25) is 11.8 Å². The van der Waals surface area contributed by atoms with Gasteiger partial charge in [0.15, 0.2) is 0 Å². The molecule has 10 heteroatoms. The molecule has 0 aliphatic rings. The number of methoxy groups -OCH3 is 1. The number of sulfonamides is 1. The average Bonchev–Trinajstić information content (AvgIpc) is 2.90. The SMILES string of the molecule is COc1ccc(S(=O)(=O)N(CC(=O)N(Cc2ccccc2)[C@@H](C)C(=O)NC(C)C)c2ccc(C)cc2)cc1Br. The fourth-order valence-electron chi connectivity index (χ4n) is 3.94. The van der Waals surface area contributed by atoms with Crippen molar-refractivity contribution in [2.24, 2.45) is 0 Å². The van der Waals surface area contributed by atoms with Gasteiger partial charge in [-0.05, 0) is 79.5 Å². The van der Waals surface area contributed by atoms with Crippen LogP contribution in [0.25, 0.3) is 0 Å². The molecule has 3 aromatic carbocycles. The molecule has 39 heavy (non-hydrogen) atoms. The molecule has 1 N–H and O–H groups in total. The number of hydrogen-bond donors (Lipinski definition) is 1. The molecule has 3 aromatic rings. The van der Waals surface area contributed by atoms with Crippen molar-refractivity contribution in [2.45, 2.75) is 51.2 Å². The Morgan fingerprint density at radius 3 is 2.18 bits per heavy atom. The maximum atomic E-state index is 13.9. The number of anilines is 1. The first-order valence-electron chi connectivity index (χ1n) is 12.5. The second-order valence-electron chi connectivity index (χ2n) is 9.49. The van der Waals surface area contributed by atoms with E-state index in [2.05, 4.69) is 21.2 Å². The van der Waals surface area contributed by atoms with Gasteiger partial charge in [0.05, 0.1) is 22.2 Å². The van der Waals surface area contributed by atoms with Crippen LogP contribution in [-0.4, -0.2) is 50.9 Å². The Kier molecular flexibility index (Phi) is 10.2. The number of nitrogens with zero attached hydrogens (tertiary/aromatic N) is 2. The summed E-state index contributed by atoms with van der Waals surface area (Å²) in [6.45, 7) is 6.86. The summed E-state index contributed by atoms with van der Waals surface area (Å²) in [4.78, 5) is 28.2. The normalized spacial score (nSPS) is 12.1. The lowest BCUT2D eigenvalue weighted by molar-refractivity contribution is -0.139. The van der Waals surface area contributed by atoms with Crippen LogP contribution >= 0.6 is 15.9 Å². The van der Waals surface area contributed by atoms with Crippen LogP contribution in [0, 0.1) is 6.92 Å². The number of carbonyl (C=O) groups is 2. The summed E-state index contributed by atoms with van der Waals surface area (Å²) in [5, 5.41) is 2.85. The lowest BCUT2D eigenvalue weighted by Gasteiger charge is -2.32. The smallest absolute Gasteiger partial charge is 0.264 e. The van der Waals surface area contributed by atoms with Gasteiger partial charge in [-0.15, -0.1) is 0 Å². The predicted molar refractivity (Wildman–Crippen MR) is 156 cm³/mol. The maximum Gasteiger partial charge on any atom is 0.264 e. The molecule has 0 unspecified atom stereocenters. The van der Waals surface area contributed by atoms with Crippen LogP contribution in [-0.2, 0) is 26.2 Å². The molecule has 0 bridgehead atoms. The highest BCUT2D eigenvalue weighted by Crippen LogP contribution is 2.31. The third-order valence-corrected chi connectivity index (χ3v) is 8.50. The van der Waals surface area contributed by atoms with Crippen molar-refractivity contribution in [3.05, 3.63) is 88.4 Å². The highest BCUT2D eigenvalue weighted by Gasteiger charge is 2.33. The van der Waals surface area contributed by atoms with Gasteiger partial charge in [0, 0.05) is 12.6 Å². The van der Waals surface area contributed by atoms with Crippen molar-refractivity contribution >= 4 is 43.5 Å². The van der Waals surface area contributed by atoms with Gasteiger partial charge in [-0.3, -0.25) is 13.9 Å². The number of benzene rings is 3. The molecule has 0 aliphatic heterocycles. The summed E-state index contributed by atoms with van der Waals surface area (Å²) < 4.78 is 34.7. The Bertz CT molecular complexity index is 1400. The molecule has 0 saturated heterocycles. The van der Waals surface area contributed by atoms with Gasteiger partial charge in [0.1, 0.15) is 18.3 Å². The van der Waals surface area contributed by atoms with Crippen molar-refractivity contribution in [1.82, 2.24) is 10.2 Å². The standard InChI is InChI=1S/C29H34BrN3O5S/c1-20(2)31-29(35)22(4)32(18-23-9-7-6-8-10-23)28(34)19-33(24-13-11-21(3)12-14-24)39(36,37)25-15-16-27(38-5)26(30)17-25/h6-17,20,22H,18-19H2,1-5H3,(H,31,35)/t22-/m0/s1. The van der Waals surface area contributed by atoms with E-state index < -0.39 is 28.5 Å². The second kappa shape index (κ2) is 13.1. The molecule has 8 nitrogen and oxygen atoms in total. The van der Waals surface area contributed by atoms with Gasteiger partial charge >= 0.3 is 0 Å². The van der Waals surface area contributed by atoms with Gasteiger partial charge < -0.3 is 15.0 Å². The zero-order valence-electron chi connectivity index (χ0n) is 22.7. The van der Waals surface area contributed by atoms with E-state index in [1.54, 1.807) is 37.3 Å². The molecule has 0 fully saturated rings. The second-order valence-corrected chi connectivity index (χ2v) is 12.2. The molecule has 0 spiro atoms. The summed E-state index contributed by atoms with van der Waals surface area (Å²) in [5.74, 6) is -0.356. The van der Waals surface area contributed by atoms with E-state index in [0.29, 0.717) is 15.9 Å². The van der Waals surface area contributed by atoms with Crippen molar-refractivity contribution in [2.75, 3.05) is 18.0 Å². The molecule has 0 heterocycles. The average molecular weight is 617 g/mol. The first-order valence-corrected chi connectivity index (χ1v) is 14.7. The molecule has 0 saturated carbocycles. The summed E-state index contributed by atoms with van der Waals surface area (Å²) in [5.41, 5.74) is 2.10. The van der Waals surface area contributed by atoms with Crippen LogP contribution in [0.5, 0.6) is 5.75 Å². The van der Waals surface area contributed by atoms with E-state index >= 15 is 0 Å². The monoisotopic (exact) mass is 615 g/mol. The highest BCUT2D eigenvalue weighted by atomic mass is 79.9. The topological polar surface area (TPSA) is 96.0 Å². The van der Waals surface area contributed by atoms with E-state index in [1.165, 1.54) is 24.1 Å².